The number of hydrogen-bond donors (Lipinski definition) is 2. The fourth-order valence-corrected chi connectivity index (χ4v) is 4.28. The minimum Gasteiger partial charge on any atom is -0.352 e. The van der Waals surface area contributed by atoms with Crippen LogP contribution in [0.15, 0.2) is 87.7 Å². The highest BCUT2D eigenvalue weighted by atomic mass is 32.2. The Labute approximate surface area is 174 Å². The second kappa shape index (κ2) is 9.58. The molecule has 0 saturated heterocycles. The maximum Gasteiger partial charge on any atom is 0.261 e. The van der Waals surface area contributed by atoms with E-state index in [4.69, 9.17) is 0 Å². The summed E-state index contributed by atoms with van der Waals surface area (Å²) < 4.78 is 27.3. The molecule has 150 valence electrons. The fourth-order valence-electron chi connectivity index (χ4n) is 2.44. The minimum absolute atomic E-state index is 0.133. The molecule has 1 amide bonds. The molecule has 0 atom stereocenters. The van der Waals surface area contributed by atoms with Crippen molar-refractivity contribution < 1.29 is 13.2 Å². The van der Waals surface area contributed by atoms with Gasteiger partial charge in [-0.3, -0.25) is 9.52 Å². The van der Waals surface area contributed by atoms with Crippen LogP contribution in [0, 0.1) is 0 Å². The first-order valence-corrected chi connectivity index (χ1v) is 11.4. The molecule has 2 aromatic carbocycles. The molecule has 0 unspecified atom stereocenters. The molecule has 0 aliphatic rings. The first-order valence-electron chi connectivity index (χ1n) is 9.08. The molecule has 0 spiro atoms. The summed E-state index contributed by atoms with van der Waals surface area (Å²) in [5.74, 6) is -0.133. The van der Waals surface area contributed by atoms with Crippen molar-refractivity contribution in [3.63, 3.8) is 0 Å². The molecule has 1 aromatic heterocycles. The number of hydrogen-bond acceptors (Lipinski definition) is 5. The number of anilines is 1. The third-order valence-electron chi connectivity index (χ3n) is 3.92. The molecule has 0 fully saturated rings. The van der Waals surface area contributed by atoms with E-state index in [0.29, 0.717) is 17.8 Å². The first kappa shape index (κ1) is 20.9. The molecule has 6 nitrogen and oxygen atoms in total. The fraction of sp³-hybridized carbons (Fsp3) is 0.143. The van der Waals surface area contributed by atoms with E-state index < -0.39 is 10.0 Å². The smallest absolute Gasteiger partial charge is 0.261 e. The van der Waals surface area contributed by atoms with Crippen LogP contribution < -0.4 is 10.0 Å². The Kier molecular flexibility index (Phi) is 6.90. The number of pyridine rings is 1. The second-order valence-corrected chi connectivity index (χ2v) is 8.96. The van der Waals surface area contributed by atoms with E-state index >= 15 is 0 Å². The predicted octanol–water partition coefficient (Wildman–Crippen LogP) is 4.17. The molecule has 1 heterocycles. The maximum absolute atomic E-state index is 12.4. The van der Waals surface area contributed by atoms with Crippen LogP contribution in [0.1, 0.15) is 23.7 Å². The van der Waals surface area contributed by atoms with Gasteiger partial charge >= 0.3 is 0 Å². The quantitative estimate of drug-likeness (QED) is 0.563. The number of rotatable bonds is 8. The highest BCUT2D eigenvalue weighted by Crippen LogP contribution is 2.27. The largest absolute Gasteiger partial charge is 0.352 e. The summed E-state index contributed by atoms with van der Waals surface area (Å²) in [5.41, 5.74) is 1.00. The summed E-state index contributed by atoms with van der Waals surface area (Å²) in [4.78, 5) is 17.3. The lowest BCUT2D eigenvalue weighted by atomic mass is 10.2. The monoisotopic (exact) mass is 427 g/mol. The van der Waals surface area contributed by atoms with Crippen molar-refractivity contribution in [2.45, 2.75) is 28.2 Å². The van der Waals surface area contributed by atoms with Crippen LogP contribution in [0.5, 0.6) is 0 Å². The third kappa shape index (κ3) is 5.82. The molecule has 3 aromatic rings. The SMILES string of the molecule is CCCNC(=O)c1ccc(Sc2ccc(NS(=O)(=O)c3ccccc3)cc2)nc1. The van der Waals surface area contributed by atoms with Crippen molar-refractivity contribution in [1.29, 1.82) is 0 Å². The zero-order valence-corrected chi connectivity index (χ0v) is 17.5. The van der Waals surface area contributed by atoms with E-state index in [0.717, 1.165) is 16.3 Å². The number of amides is 1. The molecule has 3 rings (SSSR count). The van der Waals surface area contributed by atoms with Crippen LogP contribution in [-0.2, 0) is 10.0 Å². The summed E-state index contributed by atoms with van der Waals surface area (Å²) in [6.07, 6.45) is 2.43. The molecule has 0 saturated carbocycles. The van der Waals surface area contributed by atoms with Crippen molar-refractivity contribution in [1.82, 2.24) is 10.3 Å². The lowest BCUT2D eigenvalue weighted by molar-refractivity contribution is 0.0953. The first-order chi connectivity index (χ1) is 14.0. The zero-order chi connectivity index (χ0) is 20.7. The average molecular weight is 428 g/mol. The number of aromatic nitrogens is 1. The standard InChI is InChI=1S/C21H21N3O3S2/c1-2-14-22-21(25)16-8-13-20(23-15-16)28-18-11-9-17(10-12-18)24-29(26,27)19-6-4-3-5-7-19/h3-13,15,24H,2,14H2,1H3,(H,22,25). The van der Waals surface area contributed by atoms with Gasteiger partial charge in [0.25, 0.3) is 15.9 Å². The molecule has 8 heteroatoms. The summed E-state index contributed by atoms with van der Waals surface area (Å²) in [7, 11) is -3.61. The van der Waals surface area contributed by atoms with Crippen molar-refractivity contribution >= 4 is 33.4 Å². The van der Waals surface area contributed by atoms with Gasteiger partial charge in [-0.1, -0.05) is 36.9 Å². The lowest BCUT2D eigenvalue weighted by Crippen LogP contribution is -2.23. The highest BCUT2D eigenvalue weighted by Gasteiger charge is 2.13. The minimum atomic E-state index is -3.61. The van der Waals surface area contributed by atoms with Crippen LogP contribution >= 0.6 is 11.8 Å². The summed E-state index contributed by atoms with van der Waals surface area (Å²) >= 11 is 1.43. The van der Waals surface area contributed by atoms with Gasteiger partial charge < -0.3 is 5.32 Å². The number of nitrogens with zero attached hydrogens (tertiary/aromatic N) is 1. The average Bonchev–Trinajstić information content (AvgIpc) is 2.74. The van der Waals surface area contributed by atoms with Crippen LogP contribution in [0.25, 0.3) is 0 Å². The number of carbonyl (C=O) groups excluding carboxylic acids is 1. The molecule has 29 heavy (non-hydrogen) atoms. The molecule has 0 bridgehead atoms. The molecule has 0 aliphatic heterocycles. The van der Waals surface area contributed by atoms with Gasteiger partial charge in [0.1, 0.15) is 5.03 Å². The van der Waals surface area contributed by atoms with Crippen molar-refractivity contribution in [3.8, 4) is 0 Å². The van der Waals surface area contributed by atoms with Crippen LogP contribution in [0.3, 0.4) is 0 Å². The number of nitrogens with one attached hydrogen (secondary N) is 2. The molecule has 2 N–H and O–H groups in total. The Morgan fingerprint density at radius 1 is 1.00 bits per heavy atom. The zero-order valence-electron chi connectivity index (χ0n) is 15.8. The van der Waals surface area contributed by atoms with Crippen LogP contribution in [0.4, 0.5) is 5.69 Å². The van der Waals surface area contributed by atoms with Gasteiger partial charge in [-0.05, 0) is 55.0 Å². The number of sulfonamides is 1. The highest BCUT2D eigenvalue weighted by molar-refractivity contribution is 7.99. The van der Waals surface area contributed by atoms with Gasteiger partial charge in [0.15, 0.2) is 0 Å². The van der Waals surface area contributed by atoms with Crippen molar-refractivity contribution in [2.24, 2.45) is 0 Å². The Hall–Kier alpha value is -2.84. The van der Waals surface area contributed by atoms with Gasteiger partial charge in [0, 0.05) is 23.3 Å². The topological polar surface area (TPSA) is 88.2 Å². The lowest BCUT2D eigenvalue weighted by Gasteiger charge is -2.09. The molecular formula is C21H21N3O3S2. The van der Waals surface area contributed by atoms with Gasteiger partial charge in [-0.15, -0.1) is 0 Å². The van der Waals surface area contributed by atoms with E-state index in [1.165, 1.54) is 11.8 Å². The van der Waals surface area contributed by atoms with E-state index in [2.05, 4.69) is 15.0 Å². The Balaban J connectivity index is 1.63. The predicted molar refractivity (Wildman–Crippen MR) is 115 cm³/mol. The van der Waals surface area contributed by atoms with Crippen LogP contribution in [0.2, 0.25) is 0 Å². The van der Waals surface area contributed by atoms with Gasteiger partial charge in [0.2, 0.25) is 0 Å². The normalized spacial score (nSPS) is 11.1. The van der Waals surface area contributed by atoms with E-state index in [-0.39, 0.29) is 10.8 Å². The van der Waals surface area contributed by atoms with E-state index in [1.807, 2.05) is 19.1 Å². The van der Waals surface area contributed by atoms with Crippen molar-refractivity contribution in [3.05, 3.63) is 78.5 Å². The summed E-state index contributed by atoms with van der Waals surface area (Å²) in [6.45, 7) is 2.63. The third-order valence-corrected chi connectivity index (χ3v) is 6.27. The molecule has 0 radical (unpaired) electrons. The number of carbonyl (C=O) groups is 1. The van der Waals surface area contributed by atoms with Crippen molar-refractivity contribution in [2.75, 3.05) is 11.3 Å². The number of benzene rings is 2. The molecule has 0 aliphatic carbocycles. The van der Waals surface area contributed by atoms with E-state index in [9.17, 15) is 13.2 Å². The van der Waals surface area contributed by atoms with Gasteiger partial charge in [-0.25, -0.2) is 13.4 Å². The Morgan fingerprint density at radius 2 is 1.72 bits per heavy atom. The van der Waals surface area contributed by atoms with Gasteiger partial charge in [0.05, 0.1) is 10.5 Å². The van der Waals surface area contributed by atoms with Crippen LogP contribution in [-0.4, -0.2) is 25.9 Å². The second-order valence-electron chi connectivity index (χ2n) is 6.19. The Bertz CT molecular complexity index is 1050. The summed E-state index contributed by atoms with van der Waals surface area (Å²) in [5, 5.41) is 3.56. The Morgan fingerprint density at radius 3 is 2.34 bits per heavy atom. The molecular weight excluding hydrogens is 406 g/mol. The van der Waals surface area contributed by atoms with Gasteiger partial charge in [-0.2, -0.15) is 0 Å². The van der Waals surface area contributed by atoms with E-state index in [1.54, 1.807) is 60.8 Å². The maximum atomic E-state index is 12.4. The summed E-state index contributed by atoms with van der Waals surface area (Å²) in [6, 6.07) is 18.8.